The average molecular weight is 588 g/mol. The lowest BCUT2D eigenvalue weighted by Gasteiger charge is -2.31. The minimum Gasteiger partial charge on any atom is -0.395 e. The van der Waals surface area contributed by atoms with E-state index in [9.17, 15) is 9.90 Å². The average Bonchev–Trinajstić information content (AvgIpc) is 3.50. The van der Waals surface area contributed by atoms with Crippen molar-refractivity contribution in [2.45, 2.75) is 56.1 Å². The summed E-state index contributed by atoms with van der Waals surface area (Å²) in [6.45, 7) is 5.74. The standard InChI is InChI=1S/C27H32BrFN4O3Si/c1-17-25(37(3,4)29)24(36-27(17)21-14-19(28)10-11-23(21)32(2)26(27)35)12-13-33-15-22(30-31-33)20(16-34)18-8-6-5-7-9-18/h5-11,14-15,17,20,24-25,34H,12-13,16H2,1-4H3/t17-,20?,24+,25-,27+/m0/s1. The summed E-state index contributed by atoms with van der Waals surface area (Å²) in [7, 11) is -1.47. The number of nitrogens with zero attached hydrogens (tertiary/aromatic N) is 4. The van der Waals surface area contributed by atoms with Crippen LogP contribution in [0.4, 0.5) is 9.80 Å². The first-order valence-electron chi connectivity index (χ1n) is 12.6. The van der Waals surface area contributed by atoms with Crippen molar-refractivity contribution in [3.63, 3.8) is 0 Å². The number of anilines is 1. The van der Waals surface area contributed by atoms with Gasteiger partial charge in [0.05, 0.1) is 30.0 Å². The molecule has 1 aromatic heterocycles. The van der Waals surface area contributed by atoms with Gasteiger partial charge in [-0.3, -0.25) is 9.48 Å². The number of hydrogen-bond acceptors (Lipinski definition) is 5. The van der Waals surface area contributed by atoms with Crippen LogP contribution >= 0.6 is 15.9 Å². The van der Waals surface area contributed by atoms with Crippen LogP contribution in [0, 0.1) is 5.92 Å². The SMILES string of the molecule is C[C@H]1[C@H]([Si](C)(C)F)[C@@H](CCn2cc(C(CO)c3ccccc3)nn2)O[C@]12C(=O)N(C)c1ccc(Br)cc12. The molecule has 5 atom stereocenters. The molecule has 3 heterocycles. The molecule has 5 rings (SSSR count). The number of aryl methyl sites for hydroxylation is 1. The van der Waals surface area contributed by atoms with Gasteiger partial charge in [0.1, 0.15) is 0 Å². The van der Waals surface area contributed by atoms with Gasteiger partial charge in [-0.1, -0.05) is 58.4 Å². The molecule has 1 unspecified atom stereocenters. The zero-order valence-electron chi connectivity index (χ0n) is 21.4. The maximum Gasteiger partial charge on any atom is 0.264 e. The molecule has 3 aromatic rings. The smallest absolute Gasteiger partial charge is 0.264 e. The first-order chi connectivity index (χ1) is 17.6. The predicted molar refractivity (Wildman–Crippen MR) is 146 cm³/mol. The van der Waals surface area contributed by atoms with Crippen LogP contribution in [-0.2, 0) is 21.7 Å². The van der Waals surface area contributed by atoms with Crippen LogP contribution in [0.3, 0.4) is 0 Å². The van der Waals surface area contributed by atoms with Crippen molar-refractivity contribution in [3.8, 4) is 0 Å². The van der Waals surface area contributed by atoms with Crippen molar-refractivity contribution in [1.29, 1.82) is 0 Å². The van der Waals surface area contributed by atoms with Gasteiger partial charge in [0.25, 0.3) is 5.91 Å². The first kappa shape index (κ1) is 26.2. The largest absolute Gasteiger partial charge is 0.395 e. The maximum atomic E-state index is 15.8. The van der Waals surface area contributed by atoms with Crippen molar-refractivity contribution < 1.29 is 18.7 Å². The van der Waals surface area contributed by atoms with Crippen LogP contribution in [0.15, 0.2) is 59.2 Å². The number of benzene rings is 2. The van der Waals surface area contributed by atoms with Crippen molar-refractivity contribution >= 4 is 35.9 Å². The summed E-state index contributed by atoms with van der Waals surface area (Å²) in [5.74, 6) is -0.735. The molecular formula is C27H32BrFN4O3Si. The highest BCUT2D eigenvalue weighted by atomic mass is 79.9. The van der Waals surface area contributed by atoms with E-state index in [2.05, 4.69) is 26.2 Å². The Labute approximate surface area is 225 Å². The summed E-state index contributed by atoms with van der Waals surface area (Å²) in [5.41, 5.74) is 1.66. The fraction of sp³-hybridized carbons (Fsp3) is 0.444. The molecule has 2 aliphatic rings. The highest BCUT2D eigenvalue weighted by Gasteiger charge is 2.66. The summed E-state index contributed by atoms with van der Waals surface area (Å²) >= 11 is 3.54. The Morgan fingerprint density at radius 1 is 1.24 bits per heavy atom. The molecule has 1 spiro atoms. The van der Waals surface area contributed by atoms with E-state index in [1.165, 1.54) is 0 Å². The fourth-order valence-electron chi connectivity index (χ4n) is 6.29. The number of hydrogen-bond donors (Lipinski definition) is 1. The minimum absolute atomic E-state index is 0.0806. The number of amides is 1. The molecule has 0 saturated carbocycles. The van der Waals surface area contributed by atoms with Gasteiger partial charge in [-0.2, -0.15) is 0 Å². The molecule has 0 bridgehead atoms. The van der Waals surface area contributed by atoms with Gasteiger partial charge in [-0.15, -0.1) is 5.10 Å². The molecule has 37 heavy (non-hydrogen) atoms. The van der Waals surface area contributed by atoms with Crippen LogP contribution in [-0.4, -0.2) is 54.2 Å². The van der Waals surface area contributed by atoms with Crippen LogP contribution in [0.1, 0.15) is 36.1 Å². The quantitative estimate of drug-likeness (QED) is 0.311. The van der Waals surface area contributed by atoms with Crippen LogP contribution in [0.25, 0.3) is 0 Å². The van der Waals surface area contributed by atoms with E-state index in [0.29, 0.717) is 18.7 Å². The lowest BCUT2D eigenvalue weighted by atomic mass is 9.82. The summed E-state index contributed by atoms with van der Waals surface area (Å²) in [5, 5.41) is 18.6. The van der Waals surface area contributed by atoms with Crippen molar-refractivity contribution in [1.82, 2.24) is 15.0 Å². The highest BCUT2D eigenvalue weighted by molar-refractivity contribution is 9.10. The van der Waals surface area contributed by atoms with Gasteiger partial charge < -0.3 is 18.9 Å². The van der Waals surface area contributed by atoms with Crippen molar-refractivity contribution in [2.75, 3.05) is 18.6 Å². The number of likely N-dealkylation sites (N-methyl/N-ethyl adjacent to an activating group) is 1. The molecule has 1 amide bonds. The normalized spacial score (nSPS) is 26.2. The van der Waals surface area contributed by atoms with Gasteiger partial charge in [0.15, 0.2) is 5.60 Å². The number of aromatic nitrogens is 3. The van der Waals surface area contributed by atoms with Gasteiger partial charge in [-0.05, 0) is 43.3 Å². The van der Waals surface area contributed by atoms with Crippen molar-refractivity contribution in [2.24, 2.45) is 5.92 Å². The van der Waals surface area contributed by atoms with Gasteiger partial charge in [0, 0.05) is 41.3 Å². The molecule has 1 fully saturated rings. The van der Waals surface area contributed by atoms with E-state index >= 15 is 4.11 Å². The second kappa shape index (κ2) is 9.72. The minimum atomic E-state index is -3.22. The Morgan fingerprint density at radius 3 is 2.65 bits per heavy atom. The molecule has 196 valence electrons. The fourth-order valence-corrected chi connectivity index (χ4v) is 9.20. The first-order valence-corrected chi connectivity index (χ1v) is 16.3. The summed E-state index contributed by atoms with van der Waals surface area (Å²) in [6, 6.07) is 15.4. The van der Waals surface area contributed by atoms with E-state index in [1.807, 2.05) is 61.7 Å². The third kappa shape index (κ3) is 4.37. The number of fused-ring (bicyclic) bond motifs is 2. The lowest BCUT2D eigenvalue weighted by molar-refractivity contribution is -0.145. The Balaban J connectivity index is 1.42. The number of aliphatic hydroxyl groups is 1. The van der Waals surface area contributed by atoms with Crippen LogP contribution in [0.2, 0.25) is 18.6 Å². The zero-order chi connectivity index (χ0) is 26.5. The summed E-state index contributed by atoms with van der Waals surface area (Å²) in [6.07, 6.45) is 1.88. The molecule has 1 saturated heterocycles. The van der Waals surface area contributed by atoms with Gasteiger partial charge in [0.2, 0.25) is 8.41 Å². The van der Waals surface area contributed by atoms with E-state index in [-0.39, 0.29) is 29.9 Å². The number of carbonyl (C=O) groups is 1. The zero-order valence-corrected chi connectivity index (χ0v) is 24.0. The van der Waals surface area contributed by atoms with E-state index in [4.69, 9.17) is 4.74 Å². The molecule has 2 aliphatic heterocycles. The molecule has 2 aromatic carbocycles. The van der Waals surface area contributed by atoms with E-state index in [0.717, 1.165) is 21.3 Å². The summed E-state index contributed by atoms with van der Waals surface area (Å²) < 4.78 is 25.1. The lowest BCUT2D eigenvalue weighted by Crippen LogP contribution is -2.44. The number of rotatable bonds is 7. The van der Waals surface area contributed by atoms with Gasteiger partial charge in [-0.25, -0.2) is 0 Å². The van der Waals surface area contributed by atoms with E-state index in [1.54, 1.807) is 29.7 Å². The maximum absolute atomic E-state index is 15.8. The monoisotopic (exact) mass is 586 g/mol. The number of ether oxygens (including phenoxy) is 1. The number of carbonyl (C=O) groups excluding carboxylic acids is 1. The Bertz CT molecular complexity index is 1300. The van der Waals surface area contributed by atoms with Crippen molar-refractivity contribution in [3.05, 3.63) is 76.0 Å². The number of halogens is 2. The molecule has 0 aliphatic carbocycles. The number of aliphatic hydroxyl groups excluding tert-OH is 1. The highest BCUT2D eigenvalue weighted by Crippen LogP contribution is 2.60. The van der Waals surface area contributed by atoms with Crippen LogP contribution < -0.4 is 4.90 Å². The molecule has 1 N–H and O–H groups in total. The second-order valence-electron chi connectivity index (χ2n) is 10.6. The Kier molecular flexibility index (Phi) is 6.89. The second-order valence-corrected chi connectivity index (χ2v) is 15.3. The molecular weight excluding hydrogens is 555 g/mol. The molecule has 7 nitrogen and oxygen atoms in total. The third-order valence-electron chi connectivity index (χ3n) is 7.99. The Morgan fingerprint density at radius 2 is 1.97 bits per heavy atom. The Hall–Kier alpha value is -2.40. The van der Waals surface area contributed by atoms with Gasteiger partial charge >= 0.3 is 0 Å². The van der Waals surface area contributed by atoms with E-state index < -0.39 is 20.1 Å². The summed E-state index contributed by atoms with van der Waals surface area (Å²) in [4.78, 5) is 15.3. The third-order valence-corrected chi connectivity index (χ3v) is 10.9. The molecule has 10 heteroatoms. The van der Waals surface area contributed by atoms with Crippen LogP contribution in [0.5, 0.6) is 0 Å². The topological polar surface area (TPSA) is 80.5 Å². The molecule has 0 radical (unpaired) electrons. The predicted octanol–water partition coefficient (Wildman–Crippen LogP) is 5.01.